The van der Waals surface area contributed by atoms with Crippen molar-refractivity contribution in [1.82, 2.24) is 0 Å². The Bertz CT molecular complexity index is 535. The van der Waals surface area contributed by atoms with Gasteiger partial charge in [0.25, 0.3) is 0 Å². The van der Waals surface area contributed by atoms with Crippen molar-refractivity contribution in [2.75, 3.05) is 5.32 Å². The van der Waals surface area contributed by atoms with E-state index >= 15 is 0 Å². The van der Waals surface area contributed by atoms with E-state index in [4.69, 9.17) is 5.11 Å². The maximum Gasteiger partial charge on any atom is 0.306 e. The van der Waals surface area contributed by atoms with Gasteiger partial charge in [-0.25, -0.2) is 4.39 Å². The topological polar surface area (TPSA) is 66.4 Å². The van der Waals surface area contributed by atoms with E-state index in [0.717, 1.165) is 6.42 Å². The van der Waals surface area contributed by atoms with Crippen molar-refractivity contribution in [2.24, 2.45) is 11.8 Å². The molecule has 0 bridgehead atoms. The smallest absolute Gasteiger partial charge is 0.306 e. The Kier molecular flexibility index (Phi) is 4.95. The summed E-state index contributed by atoms with van der Waals surface area (Å²) in [5.41, 5.74) is 0.564. The molecule has 108 valence electrons. The second-order valence-electron chi connectivity index (χ2n) is 5.01. The lowest BCUT2D eigenvalue weighted by Gasteiger charge is -2.25. The van der Waals surface area contributed by atoms with Crippen molar-refractivity contribution in [2.45, 2.75) is 25.7 Å². The number of rotatable bonds is 3. The number of anilines is 1. The zero-order valence-corrected chi connectivity index (χ0v) is 12.9. The van der Waals surface area contributed by atoms with Gasteiger partial charge in [0.15, 0.2) is 0 Å². The lowest BCUT2D eigenvalue weighted by Crippen LogP contribution is -2.31. The Balaban J connectivity index is 2.02. The van der Waals surface area contributed by atoms with Gasteiger partial charge in [0.05, 0.1) is 11.6 Å². The zero-order valence-electron chi connectivity index (χ0n) is 10.7. The van der Waals surface area contributed by atoms with E-state index in [1.165, 1.54) is 18.2 Å². The predicted molar refractivity (Wildman–Crippen MR) is 80.8 cm³/mol. The van der Waals surface area contributed by atoms with E-state index in [2.05, 4.69) is 5.32 Å². The van der Waals surface area contributed by atoms with Gasteiger partial charge >= 0.3 is 5.97 Å². The van der Waals surface area contributed by atoms with Gasteiger partial charge in [-0.3, -0.25) is 9.59 Å². The van der Waals surface area contributed by atoms with Crippen molar-refractivity contribution in [3.8, 4) is 0 Å². The Morgan fingerprint density at radius 2 is 2.00 bits per heavy atom. The number of halogens is 2. The molecule has 1 amide bonds. The van der Waals surface area contributed by atoms with Crippen LogP contribution in [0.4, 0.5) is 10.1 Å². The minimum atomic E-state index is -0.834. The summed E-state index contributed by atoms with van der Waals surface area (Å²) in [5.74, 6) is -2.09. The number of carbonyl (C=O) groups excluding carboxylic acids is 1. The van der Waals surface area contributed by atoms with E-state index in [0.29, 0.717) is 28.5 Å². The lowest BCUT2D eigenvalue weighted by atomic mass is 9.81. The molecule has 20 heavy (non-hydrogen) atoms. The number of benzene rings is 1. The third-order valence-electron chi connectivity index (χ3n) is 3.58. The molecule has 0 radical (unpaired) electrons. The number of carboxylic acids is 1. The Morgan fingerprint density at radius 3 is 2.65 bits per heavy atom. The molecule has 0 aromatic heterocycles. The molecule has 0 aliphatic heterocycles. The van der Waals surface area contributed by atoms with Gasteiger partial charge in [0, 0.05) is 9.49 Å². The third-order valence-corrected chi connectivity index (χ3v) is 4.48. The summed E-state index contributed by atoms with van der Waals surface area (Å²) in [6.45, 7) is 0. The van der Waals surface area contributed by atoms with Gasteiger partial charge in [-0.15, -0.1) is 0 Å². The minimum absolute atomic E-state index is 0.180. The maximum absolute atomic E-state index is 13.0. The highest BCUT2D eigenvalue weighted by Gasteiger charge is 2.31. The minimum Gasteiger partial charge on any atom is -0.481 e. The number of amides is 1. The van der Waals surface area contributed by atoms with Crippen LogP contribution in [-0.4, -0.2) is 17.0 Å². The van der Waals surface area contributed by atoms with Crippen LogP contribution in [0.5, 0.6) is 0 Å². The first-order chi connectivity index (χ1) is 9.47. The highest BCUT2D eigenvalue weighted by molar-refractivity contribution is 14.1. The molecule has 0 saturated heterocycles. The standard InChI is InChI=1S/C14H15FINO3/c15-10-4-5-12(11(16)7-10)17-13(18)8-2-1-3-9(6-8)14(19)20/h4-5,7-9H,1-3,6H2,(H,17,18)(H,19,20). The molecule has 1 aliphatic rings. The first kappa shape index (κ1) is 15.2. The molecular formula is C14H15FINO3. The van der Waals surface area contributed by atoms with Crippen molar-refractivity contribution in [3.05, 3.63) is 27.6 Å². The monoisotopic (exact) mass is 391 g/mol. The molecule has 2 unspecified atom stereocenters. The molecule has 4 nitrogen and oxygen atoms in total. The first-order valence-electron chi connectivity index (χ1n) is 6.46. The van der Waals surface area contributed by atoms with Crippen LogP contribution < -0.4 is 5.32 Å². The van der Waals surface area contributed by atoms with Gasteiger partial charge in [-0.05, 0) is 60.1 Å². The fraction of sp³-hybridized carbons (Fsp3) is 0.429. The first-order valence-corrected chi connectivity index (χ1v) is 7.54. The SMILES string of the molecule is O=C(O)C1CCCC(C(=O)Nc2ccc(F)cc2I)C1. The Hall–Kier alpha value is -1.18. The van der Waals surface area contributed by atoms with Gasteiger partial charge in [0.1, 0.15) is 5.82 Å². The zero-order chi connectivity index (χ0) is 14.7. The molecule has 2 rings (SSSR count). The predicted octanol–water partition coefficient (Wildman–Crippen LogP) is 3.26. The average Bonchev–Trinajstić information content (AvgIpc) is 2.42. The summed E-state index contributed by atoms with van der Waals surface area (Å²) in [4.78, 5) is 23.2. The second kappa shape index (κ2) is 6.51. The molecule has 2 N–H and O–H groups in total. The number of hydrogen-bond acceptors (Lipinski definition) is 2. The molecule has 1 aromatic rings. The highest BCUT2D eigenvalue weighted by Crippen LogP contribution is 2.30. The lowest BCUT2D eigenvalue weighted by molar-refractivity contribution is -0.143. The summed E-state index contributed by atoms with van der Waals surface area (Å²) in [6, 6.07) is 4.16. The van der Waals surface area contributed by atoms with Crippen LogP contribution >= 0.6 is 22.6 Å². The summed E-state index contributed by atoms with van der Waals surface area (Å²) >= 11 is 1.96. The molecular weight excluding hydrogens is 376 g/mol. The maximum atomic E-state index is 13.0. The van der Waals surface area contributed by atoms with E-state index in [1.54, 1.807) is 0 Å². The average molecular weight is 391 g/mol. The van der Waals surface area contributed by atoms with Crippen molar-refractivity contribution in [1.29, 1.82) is 0 Å². The summed E-state index contributed by atoms with van der Waals surface area (Å²) in [7, 11) is 0. The summed E-state index contributed by atoms with van der Waals surface area (Å²) < 4.78 is 13.6. The third kappa shape index (κ3) is 3.68. The van der Waals surface area contributed by atoms with Crippen LogP contribution in [0.1, 0.15) is 25.7 Å². The molecule has 1 saturated carbocycles. The summed E-state index contributed by atoms with van der Waals surface area (Å²) in [5, 5.41) is 11.8. The van der Waals surface area contributed by atoms with Crippen LogP contribution in [0.15, 0.2) is 18.2 Å². The van der Waals surface area contributed by atoms with E-state index in [9.17, 15) is 14.0 Å². The molecule has 0 spiro atoms. The molecule has 2 atom stereocenters. The second-order valence-corrected chi connectivity index (χ2v) is 6.17. The van der Waals surface area contributed by atoms with Crippen molar-refractivity contribution < 1.29 is 19.1 Å². The van der Waals surface area contributed by atoms with Crippen molar-refractivity contribution in [3.63, 3.8) is 0 Å². The number of aliphatic carboxylic acids is 1. The van der Waals surface area contributed by atoms with Crippen molar-refractivity contribution >= 4 is 40.2 Å². The van der Waals surface area contributed by atoms with E-state index in [-0.39, 0.29) is 17.6 Å². The van der Waals surface area contributed by atoms with E-state index < -0.39 is 11.9 Å². The fourth-order valence-corrected chi connectivity index (χ4v) is 3.09. The van der Waals surface area contributed by atoms with Crippen LogP contribution in [0.3, 0.4) is 0 Å². The number of carboxylic acid groups (broad SMARTS) is 1. The molecule has 1 aromatic carbocycles. The highest BCUT2D eigenvalue weighted by atomic mass is 127. The van der Waals surface area contributed by atoms with Gasteiger partial charge in [-0.1, -0.05) is 6.42 Å². The fourth-order valence-electron chi connectivity index (χ4n) is 2.48. The normalized spacial score (nSPS) is 22.3. The Morgan fingerprint density at radius 1 is 1.30 bits per heavy atom. The van der Waals surface area contributed by atoms with Crippen LogP contribution in [0, 0.1) is 21.2 Å². The molecule has 1 fully saturated rings. The quantitative estimate of drug-likeness (QED) is 0.778. The molecule has 0 heterocycles. The number of carbonyl (C=O) groups is 2. The summed E-state index contributed by atoms with van der Waals surface area (Å²) in [6.07, 6.45) is 2.45. The largest absolute Gasteiger partial charge is 0.481 e. The van der Waals surface area contributed by atoms with Gasteiger partial charge < -0.3 is 10.4 Å². The van der Waals surface area contributed by atoms with Crippen LogP contribution in [0.2, 0.25) is 0 Å². The van der Waals surface area contributed by atoms with Gasteiger partial charge in [0.2, 0.25) is 5.91 Å². The van der Waals surface area contributed by atoms with Crippen LogP contribution in [0.25, 0.3) is 0 Å². The number of hydrogen-bond donors (Lipinski definition) is 2. The Labute approximate surface area is 129 Å². The van der Waals surface area contributed by atoms with Crippen LogP contribution in [-0.2, 0) is 9.59 Å². The number of nitrogens with one attached hydrogen (secondary N) is 1. The van der Waals surface area contributed by atoms with Gasteiger partial charge in [-0.2, -0.15) is 0 Å². The van der Waals surface area contributed by atoms with E-state index in [1.807, 2.05) is 22.6 Å². The molecule has 6 heteroatoms. The molecule has 1 aliphatic carbocycles.